The van der Waals surface area contributed by atoms with Gasteiger partial charge in [0.15, 0.2) is 0 Å². The molecule has 0 aliphatic rings. The molecule has 0 aliphatic heterocycles. The number of nitrogens with one attached hydrogen (secondary N) is 1. The van der Waals surface area contributed by atoms with Crippen LogP contribution in [-0.4, -0.2) is 4.92 Å². The molecule has 106 valence electrons. The number of nitro benzene ring substituents is 1. The lowest BCUT2D eigenvalue weighted by molar-refractivity contribution is -0.385. The number of benzene rings is 2. The van der Waals surface area contributed by atoms with Crippen LogP contribution in [0.3, 0.4) is 0 Å². The lowest BCUT2D eigenvalue weighted by Crippen LogP contribution is -2.04. The van der Waals surface area contributed by atoms with Gasteiger partial charge in [-0.05, 0) is 30.3 Å². The first-order valence-corrected chi connectivity index (χ1v) is 6.63. The van der Waals surface area contributed by atoms with E-state index in [2.05, 4.69) is 5.32 Å². The summed E-state index contributed by atoms with van der Waals surface area (Å²) in [7, 11) is 0. The molecule has 5 nitrogen and oxygen atoms in total. The van der Waals surface area contributed by atoms with E-state index in [1.165, 1.54) is 18.2 Å². The smallest absolute Gasteiger partial charge is 0.274 e. The van der Waals surface area contributed by atoms with Gasteiger partial charge >= 0.3 is 0 Å². The Bertz CT molecular complexity index is 741. The van der Waals surface area contributed by atoms with Gasteiger partial charge < -0.3 is 5.32 Å². The topological polar surface area (TPSA) is 79.0 Å². The van der Waals surface area contributed by atoms with Gasteiger partial charge in [0.1, 0.15) is 6.07 Å². The fraction of sp³-hybridized carbons (Fsp3) is 0.0714. The van der Waals surface area contributed by atoms with Gasteiger partial charge in [0.2, 0.25) is 0 Å². The molecule has 0 amide bonds. The predicted molar refractivity (Wildman–Crippen MR) is 81.6 cm³/mol. The fourth-order valence-corrected chi connectivity index (χ4v) is 2.19. The third kappa shape index (κ3) is 3.63. The van der Waals surface area contributed by atoms with Crippen LogP contribution in [0.5, 0.6) is 0 Å². The van der Waals surface area contributed by atoms with Crippen LogP contribution in [-0.2, 0) is 6.54 Å². The number of halogens is 2. The number of anilines is 1. The van der Waals surface area contributed by atoms with Crippen molar-refractivity contribution in [2.45, 2.75) is 6.54 Å². The maximum absolute atomic E-state index is 11.0. The first-order chi connectivity index (χ1) is 10.0. The molecule has 0 atom stereocenters. The molecule has 0 saturated carbocycles. The summed E-state index contributed by atoms with van der Waals surface area (Å²) in [5.41, 5.74) is 1.31. The molecule has 2 aromatic carbocycles. The van der Waals surface area contributed by atoms with Crippen LogP contribution in [0.15, 0.2) is 36.4 Å². The normalized spacial score (nSPS) is 9.95. The first kappa shape index (κ1) is 15.1. The Morgan fingerprint density at radius 3 is 2.52 bits per heavy atom. The van der Waals surface area contributed by atoms with Gasteiger partial charge in [0.05, 0.1) is 21.7 Å². The van der Waals surface area contributed by atoms with Gasteiger partial charge in [-0.15, -0.1) is 0 Å². The summed E-state index contributed by atoms with van der Waals surface area (Å²) < 4.78 is 0. The van der Waals surface area contributed by atoms with Gasteiger partial charge in [-0.3, -0.25) is 10.1 Å². The molecule has 0 aliphatic carbocycles. The molecule has 0 fully saturated rings. The summed E-state index contributed by atoms with van der Waals surface area (Å²) in [4.78, 5) is 10.5. The highest BCUT2D eigenvalue weighted by Crippen LogP contribution is 2.25. The van der Waals surface area contributed by atoms with E-state index < -0.39 is 4.92 Å². The van der Waals surface area contributed by atoms with Crippen molar-refractivity contribution < 1.29 is 4.92 Å². The van der Waals surface area contributed by atoms with Crippen LogP contribution in [0.25, 0.3) is 0 Å². The van der Waals surface area contributed by atoms with Crippen molar-refractivity contribution in [1.82, 2.24) is 0 Å². The van der Waals surface area contributed by atoms with Gasteiger partial charge in [-0.2, -0.15) is 5.26 Å². The third-order valence-corrected chi connectivity index (χ3v) is 3.28. The highest BCUT2D eigenvalue weighted by molar-refractivity contribution is 6.31. The summed E-state index contributed by atoms with van der Waals surface area (Å²) in [5.74, 6) is 0. The van der Waals surface area contributed by atoms with Crippen LogP contribution >= 0.6 is 23.2 Å². The highest BCUT2D eigenvalue weighted by atomic mass is 35.5. The molecular weight excluding hydrogens is 313 g/mol. The largest absolute Gasteiger partial charge is 0.380 e. The zero-order chi connectivity index (χ0) is 15.4. The molecule has 0 bridgehead atoms. The Balaban J connectivity index is 2.29. The second-order valence-electron chi connectivity index (χ2n) is 4.19. The van der Waals surface area contributed by atoms with Crippen LogP contribution < -0.4 is 5.32 Å². The van der Waals surface area contributed by atoms with E-state index in [4.69, 9.17) is 28.5 Å². The quantitative estimate of drug-likeness (QED) is 0.669. The minimum Gasteiger partial charge on any atom is -0.380 e. The molecule has 1 N–H and O–H groups in total. The van der Waals surface area contributed by atoms with Crippen molar-refractivity contribution in [3.8, 4) is 6.07 Å². The zero-order valence-corrected chi connectivity index (χ0v) is 12.1. The lowest BCUT2D eigenvalue weighted by atomic mass is 10.1. The number of nitriles is 1. The SMILES string of the molecule is N#Cc1ccc(Cl)cc1NCc1cc(Cl)ccc1[N+](=O)[O-]. The van der Waals surface area contributed by atoms with Gasteiger partial charge in [0.25, 0.3) is 5.69 Å². The second kappa shape index (κ2) is 6.44. The van der Waals surface area contributed by atoms with Crippen LogP contribution in [0, 0.1) is 21.4 Å². The van der Waals surface area contributed by atoms with E-state index in [1.807, 2.05) is 6.07 Å². The Labute approximate surface area is 130 Å². The van der Waals surface area contributed by atoms with Crippen molar-refractivity contribution in [3.05, 3.63) is 67.7 Å². The van der Waals surface area contributed by atoms with Crippen LogP contribution in [0.4, 0.5) is 11.4 Å². The summed E-state index contributed by atoms with van der Waals surface area (Å²) in [5, 5.41) is 23.9. The van der Waals surface area contributed by atoms with Crippen molar-refractivity contribution in [2.24, 2.45) is 0 Å². The van der Waals surface area contributed by atoms with Crippen molar-refractivity contribution in [2.75, 3.05) is 5.32 Å². The van der Waals surface area contributed by atoms with E-state index in [9.17, 15) is 10.1 Å². The monoisotopic (exact) mass is 321 g/mol. The first-order valence-electron chi connectivity index (χ1n) is 5.87. The molecule has 2 aromatic rings. The maximum atomic E-state index is 11.0. The van der Waals surface area contributed by atoms with E-state index in [0.29, 0.717) is 26.9 Å². The third-order valence-electron chi connectivity index (χ3n) is 2.81. The highest BCUT2D eigenvalue weighted by Gasteiger charge is 2.14. The van der Waals surface area contributed by atoms with Crippen molar-refractivity contribution in [3.63, 3.8) is 0 Å². The number of hydrogen-bond acceptors (Lipinski definition) is 4. The molecule has 21 heavy (non-hydrogen) atoms. The number of nitrogens with zero attached hydrogens (tertiary/aromatic N) is 2. The number of nitro groups is 1. The summed E-state index contributed by atoms with van der Waals surface area (Å²) in [6.07, 6.45) is 0. The summed E-state index contributed by atoms with van der Waals surface area (Å²) >= 11 is 11.7. The van der Waals surface area contributed by atoms with E-state index in [-0.39, 0.29) is 12.2 Å². The van der Waals surface area contributed by atoms with E-state index >= 15 is 0 Å². The maximum Gasteiger partial charge on any atom is 0.274 e. The van der Waals surface area contributed by atoms with Crippen molar-refractivity contribution >= 4 is 34.6 Å². The second-order valence-corrected chi connectivity index (χ2v) is 5.06. The van der Waals surface area contributed by atoms with Crippen molar-refractivity contribution in [1.29, 1.82) is 5.26 Å². The minimum atomic E-state index is -0.476. The molecule has 0 heterocycles. The number of hydrogen-bond donors (Lipinski definition) is 1. The average molecular weight is 322 g/mol. The lowest BCUT2D eigenvalue weighted by Gasteiger charge is -2.09. The predicted octanol–water partition coefficient (Wildman–Crippen LogP) is 4.39. The molecule has 7 heteroatoms. The Kier molecular flexibility index (Phi) is 4.63. The average Bonchev–Trinajstić information content (AvgIpc) is 2.45. The van der Waals surface area contributed by atoms with Crippen LogP contribution in [0.2, 0.25) is 10.0 Å². The van der Waals surface area contributed by atoms with Gasteiger partial charge in [-0.1, -0.05) is 23.2 Å². The molecule has 0 spiro atoms. The minimum absolute atomic E-state index is 0.0348. The Hall–Kier alpha value is -2.29. The zero-order valence-electron chi connectivity index (χ0n) is 10.6. The van der Waals surface area contributed by atoms with E-state index in [1.54, 1.807) is 18.2 Å². The fourth-order valence-electron chi connectivity index (χ4n) is 1.82. The van der Waals surface area contributed by atoms with Crippen LogP contribution in [0.1, 0.15) is 11.1 Å². The molecule has 0 aromatic heterocycles. The van der Waals surface area contributed by atoms with E-state index in [0.717, 1.165) is 0 Å². The molecule has 0 saturated heterocycles. The Morgan fingerprint density at radius 2 is 1.86 bits per heavy atom. The van der Waals surface area contributed by atoms with Gasteiger partial charge in [-0.25, -0.2) is 0 Å². The molecular formula is C14H9Cl2N3O2. The molecule has 2 rings (SSSR count). The molecule has 0 unspecified atom stereocenters. The Morgan fingerprint density at radius 1 is 1.19 bits per heavy atom. The summed E-state index contributed by atoms with van der Waals surface area (Å²) in [6, 6.07) is 11.1. The summed E-state index contributed by atoms with van der Waals surface area (Å²) in [6.45, 7) is 0.159. The number of rotatable bonds is 4. The molecule has 0 radical (unpaired) electrons. The van der Waals surface area contributed by atoms with Gasteiger partial charge in [0, 0.05) is 22.7 Å². The standard InChI is InChI=1S/C14H9Cl2N3O2/c15-11-3-4-14(19(20)21)10(5-11)8-18-13-6-12(16)2-1-9(13)7-17/h1-6,18H,8H2.